The van der Waals surface area contributed by atoms with Crippen LogP contribution in [0.15, 0.2) is 0 Å². The summed E-state index contributed by atoms with van der Waals surface area (Å²) in [5.41, 5.74) is -1.61. The van der Waals surface area contributed by atoms with Gasteiger partial charge in [0.2, 0.25) is 0 Å². The fourth-order valence-electron chi connectivity index (χ4n) is 2.43. The van der Waals surface area contributed by atoms with Crippen molar-refractivity contribution in [3.8, 4) is 6.07 Å². The summed E-state index contributed by atoms with van der Waals surface area (Å²) in [5, 5.41) is 19.0. The van der Waals surface area contributed by atoms with E-state index in [1.54, 1.807) is 6.92 Å². The molecule has 5 heteroatoms. The van der Waals surface area contributed by atoms with E-state index in [0.717, 1.165) is 0 Å². The summed E-state index contributed by atoms with van der Waals surface area (Å²) < 4.78 is 4.99. The number of rotatable bonds is 8. The number of aliphatic carboxylic acids is 1. The first-order chi connectivity index (χ1) is 9.21. The second-order valence-corrected chi connectivity index (χ2v) is 5.92. The molecule has 0 heterocycles. The monoisotopic (exact) mass is 283 g/mol. The van der Waals surface area contributed by atoms with Crippen molar-refractivity contribution in [3.05, 3.63) is 0 Å². The predicted molar refractivity (Wildman–Crippen MR) is 74.7 cm³/mol. The van der Waals surface area contributed by atoms with E-state index in [0.29, 0.717) is 0 Å². The summed E-state index contributed by atoms with van der Waals surface area (Å²) in [7, 11) is 0. The molecule has 114 valence electrons. The number of hydrogen-bond acceptors (Lipinski definition) is 4. The van der Waals surface area contributed by atoms with Gasteiger partial charge in [0.1, 0.15) is 0 Å². The van der Waals surface area contributed by atoms with Gasteiger partial charge in [-0.1, -0.05) is 27.7 Å². The molecule has 0 amide bonds. The molecule has 0 saturated heterocycles. The maximum absolute atomic E-state index is 12.3. The van der Waals surface area contributed by atoms with Gasteiger partial charge < -0.3 is 9.84 Å². The molecule has 0 rings (SSSR count). The van der Waals surface area contributed by atoms with Gasteiger partial charge in [-0.3, -0.25) is 9.59 Å². The van der Waals surface area contributed by atoms with Crippen molar-refractivity contribution in [3.63, 3.8) is 0 Å². The summed E-state index contributed by atoms with van der Waals surface area (Å²) in [5.74, 6) is -2.79. The third kappa shape index (κ3) is 4.52. The zero-order valence-electron chi connectivity index (χ0n) is 13.0. The largest absolute Gasteiger partial charge is 0.481 e. The van der Waals surface area contributed by atoms with Gasteiger partial charge >= 0.3 is 11.9 Å². The number of hydrogen-bond donors (Lipinski definition) is 1. The predicted octanol–water partition coefficient (Wildman–Crippen LogP) is 2.85. The van der Waals surface area contributed by atoms with E-state index >= 15 is 0 Å². The minimum atomic E-state index is -1.61. The highest BCUT2D eigenvalue weighted by Gasteiger charge is 2.51. The summed E-state index contributed by atoms with van der Waals surface area (Å²) in [6.07, 6.45) is 0.459. The normalized spacial score (nSPS) is 15.5. The number of nitrogens with zero attached hydrogens (tertiary/aromatic N) is 1. The fourth-order valence-corrected chi connectivity index (χ4v) is 2.43. The molecule has 0 radical (unpaired) electrons. The van der Waals surface area contributed by atoms with Gasteiger partial charge in [-0.25, -0.2) is 0 Å². The molecule has 1 N–H and O–H groups in total. The molecular formula is C15H25NO4. The lowest BCUT2D eigenvalue weighted by atomic mass is 9.68. The van der Waals surface area contributed by atoms with Gasteiger partial charge in [-0.2, -0.15) is 5.26 Å². The molecule has 0 spiro atoms. The molecule has 0 bridgehead atoms. The maximum atomic E-state index is 12.3. The molecule has 0 aromatic rings. The van der Waals surface area contributed by atoms with Crippen molar-refractivity contribution in [1.29, 1.82) is 5.26 Å². The van der Waals surface area contributed by atoms with Crippen LogP contribution in [0.4, 0.5) is 0 Å². The highest BCUT2D eigenvalue weighted by atomic mass is 16.5. The highest BCUT2D eigenvalue weighted by molar-refractivity contribution is 5.87. The van der Waals surface area contributed by atoms with Gasteiger partial charge in [0.15, 0.2) is 5.41 Å². The zero-order chi connectivity index (χ0) is 15.9. The van der Waals surface area contributed by atoms with E-state index in [2.05, 4.69) is 0 Å². The van der Waals surface area contributed by atoms with E-state index < -0.39 is 23.3 Å². The Balaban J connectivity index is 5.71. The van der Waals surface area contributed by atoms with Crippen LogP contribution < -0.4 is 0 Å². The first-order valence-electron chi connectivity index (χ1n) is 7.02. The average Bonchev–Trinajstić information content (AvgIpc) is 2.32. The van der Waals surface area contributed by atoms with Crippen LogP contribution in [0.25, 0.3) is 0 Å². The lowest BCUT2D eigenvalue weighted by Crippen LogP contribution is -2.44. The Morgan fingerprint density at radius 3 is 2.10 bits per heavy atom. The molecule has 0 saturated carbocycles. The van der Waals surface area contributed by atoms with Crippen molar-refractivity contribution < 1.29 is 19.4 Å². The van der Waals surface area contributed by atoms with Crippen LogP contribution in [-0.2, 0) is 14.3 Å². The number of carbonyl (C=O) groups is 2. The Hall–Kier alpha value is -1.57. The van der Waals surface area contributed by atoms with Crippen molar-refractivity contribution in [2.75, 3.05) is 6.61 Å². The lowest BCUT2D eigenvalue weighted by molar-refractivity contribution is -0.164. The summed E-state index contributed by atoms with van der Waals surface area (Å²) >= 11 is 0. The standard InChI is InChI=1S/C15H25NO4/c1-6-20-14(19)15(9-16,8-11(4)5)12(13(17)18)7-10(2)3/h10-12H,6-8H2,1-5H3,(H,17,18). The highest BCUT2D eigenvalue weighted by Crippen LogP contribution is 2.39. The smallest absolute Gasteiger partial charge is 0.327 e. The molecule has 2 atom stereocenters. The van der Waals surface area contributed by atoms with Gasteiger partial charge in [0.05, 0.1) is 18.6 Å². The molecule has 0 aliphatic heterocycles. The summed E-state index contributed by atoms with van der Waals surface area (Å²) in [6.45, 7) is 9.25. The third-order valence-corrected chi connectivity index (χ3v) is 3.17. The van der Waals surface area contributed by atoms with Crippen LogP contribution in [0.3, 0.4) is 0 Å². The molecule has 20 heavy (non-hydrogen) atoms. The molecule has 0 aliphatic rings. The minimum Gasteiger partial charge on any atom is -0.481 e. The van der Waals surface area contributed by atoms with Crippen molar-refractivity contribution in [2.45, 2.75) is 47.5 Å². The second-order valence-electron chi connectivity index (χ2n) is 5.92. The Labute approximate surface area is 120 Å². The number of esters is 1. The van der Waals surface area contributed by atoms with Crippen molar-refractivity contribution in [2.24, 2.45) is 23.2 Å². The average molecular weight is 283 g/mol. The van der Waals surface area contributed by atoms with Gasteiger partial charge in [-0.15, -0.1) is 0 Å². The van der Waals surface area contributed by atoms with Gasteiger partial charge in [0, 0.05) is 0 Å². The third-order valence-electron chi connectivity index (χ3n) is 3.17. The number of carboxylic acids is 1. The van der Waals surface area contributed by atoms with E-state index in [1.807, 2.05) is 33.8 Å². The zero-order valence-corrected chi connectivity index (χ0v) is 13.0. The topological polar surface area (TPSA) is 87.4 Å². The first-order valence-corrected chi connectivity index (χ1v) is 7.02. The fraction of sp³-hybridized carbons (Fsp3) is 0.800. The number of nitriles is 1. The van der Waals surface area contributed by atoms with E-state index in [9.17, 15) is 20.0 Å². The summed E-state index contributed by atoms with van der Waals surface area (Å²) in [4.78, 5) is 23.8. The van der Waals surface area contributed by atoms with Crippen LogP contribution in [0.1, 0.15) is 47.5 Å². The van der Waals surface area contributed by atoms with Crippen LogP contribution in [0, 0.1) is 34.5 Å². The van der Waals surface area contributed by atoms with E-state index in [1.165, 1.54) is 0 Å². The number of carboxylic acid groups (broad SMARTS) is 1. The number of ether oxygens (including phenoxy) is 1. The second kappa shape index (κ2) is 7.88. The van der Waals surface area contributed by atoms with Crippen LogP contribution >= 0.6 is 0 Å². The van der Waals surface area contributed by atoms with Crippen molar-refractivity contribution >= 4 is 11.9 Å². The molecule has 0 aliphatic carbocycles. The Bertz CT molecular complexity index is 384. The SMILES string of the molecule is CCOC(=O)C(C#N)(CC(C)C)C(CC(C)C)C(=O)O. The molecule has 0 aromatic carbocycles. The molecule has 5 nitrogen and oxygen atoms in total. The van der Waals surface area contributed by atoms with Crippen LogP contribution in [0.5, 0.6) is 0 Å². The van der Waals surface area contributed by atoms with E-state index in [-0.39, 0.29) is 31.3 Å². The molecule has 0 aromatic heterocycles. The van der Waals surface area contributed by atoms with Gasteiger partial charge in [-0.05, 0) is 31.6 Å². The Morgan fingerprint density at radius 2 is 1.80 bits per heavy atom. The minimum absolute atomic E-state index is 0.0214. The van der Waals surface area contributed by atoms with Crippen LogP contribution in [-0.4, -0.2) is 23.7 Å². The summed E-state index contributed by atoms with van der Waals surface area (Å²) in [6, 6.07) is 1.96. The Morgan fingerprint density at radius 1 is 1.25 bits per heavy atom. The number of carbonyl (C=O) groups excluding carboxylic acids is 1. The lowest BCUT2D eigenvalue weighted by Gasteiger charge is -2.32. The van der Waals surface area contributed by atoms with E-state index in [4.69, 9.17) is 4.74 Å². The molecule has 0 fully saturated rings. The first kappa shape index (κ1) is 18.4. The quantitative estimate of drug-likeness (QED) is 0.692. The molecule has 2 unspecified atom stereocenters. The Kier molecular flexibility index (Phi) is 7.26. The van der Waals surface area contributed by atoms with Crippen molar-refractivity contribution in [1.82, 2.24) is 0 Å². The molecular weight excluding hydrogens is 258 g/mol. The maximum Gasteiger partial charge on any atom is 0.327 e. The van der Waals surface area contributed by atoms with Crippen LogP contribution in [0.2, 0.25) is 0 Å². The van der Waals surface area contributed by atoms with Gasteiger partial charge in [0.25, 0.3) is 0 Å².